The van der Waals surface area contributed by atoms with Crippen LogP contribution in [0.2, 0.25) is 0 Å². The van der Waals surface area contributed by atoms with E-state index in [4.69, 9.17) is 15.2 Å². The monoisotopic (exact) mass is 415 g/mol. The fourth-order valence-electron chi connectivity index (χ4n) is 2.58. The van der Waals surface area contributed by atoms with Crippen molar-refractivity contribution in [3.63, 3.8) is 0 Å². The first-order valence-corrected chi connectivity index (χ1v) is 9.28. The predicted molar refractivity (Wildman–Crippen MR) is 111 cm³/mol. The number of carbonyl (C=O) groups is 2. The Balaban J connectivity index is 2.17. The molecule has 0 saturated carbocycles. The van der Waals surface area contributed by atoms with Gasteiger partial charge in [-0.15, -0.1) is 0 Å². The van der Waals surface area contributed by atoms with E-state index in [0.717, 1.165) is 5.56 Å². The van der Waals surface area contributed by atoms with Crippen molar-refractivity contribution in [3.05, 3.63) is 69.8 Å². The molecule has 0 fully saturated rings. The molecule has 0 saturated heterocycles. The maximum absolute atomic E-state index is 12.7. The molecule has 0 aliphatic carbocycles. The third-order valence-corrected chi connectivity index (χ3v) is 3.93. The Bertz CT molecular complexity index is 909. The smallest absolute Gasteiger partial charge is 0.408 e. The van der Waals surface area contributed by atoms with Gasteiger partial charge in [-0.3, -0.25) is 10.1 Å². The number of amides is 1. The maximum Gasteiger partial charge on any atom is 0.408 e. The van der Waals surface area contributed by atoms with E-state index in [1.807, 2.05) is 18.2 Å². The molecule has 2 rings (SSSR count). The zero-order valence-corrected chi connectivity index (χ0v) is 17.1. The van der Waals surface area contributed by atoms with Crippen molar-refractivity contribution in [2.24, 2.45) is 0 Å². The number of anilines is 1. The lowest BCUT2D eigenvalue weighted by Gasteiger charge is -2.23. The number of nitro groups is 1. The summed E-state index contributed by atoms with van der Waals surface area (Å²) in [5.74, 6) is -0.691. The van der Waals surface area contributed by atoms with Crippen molar-refractivity contribution in [2.75, 3.05) is 5.73 Å². The molecule has 2 aromatic rings. The highest BCUT2D eigenvalue weighted by Crippen LogP contribution is 2.23. The average molecular weight is 415 g/mol. The van der Waals surface area contributed by atoms with Gasteiger partial charge in [-0.25, -0.2) is 9.59 Å². The lowest BCUT2D eigenvalue weighted by atomic mass is 10.0. The minimum atomic E-state index is -1.10. The van der Waals surface area contributed by atoms with Crippen LogP contribution in [0.1, 0.15) is 31.9 Å². The first-order valence-electron chi connectivity index (χ1n) is 9.28. The topological polar surface area (TPSA) is 134 Å². The highest BCUT2D eigenvalue weighted by atomic mass is 16.6. The molecule has 0 heterocycles. The van der Waals surface area contributed by atoms with Crippen LogP contribution in [-0.4, -0.2) is 28.6 Å². The number of nitrogens with zero attached hydrogens (tertiary/aromatic N) is 1. The maximum atomic E-state index is 12.7. The van der Waals surface area contributed by atoms with Gasteiger partial charge in [-0.1, -0.05) is 36.4 Å². The summed E-state index contributed by atoms with van der Waals surface area (Å²) in [5.41, 5.74) is 5.81. The summed E-state index contributed by atoms with van der Waals surface area (Å²) in [4.78, 5) is 35.4. The zero-order chi connectivity index (χ0) is 22.3. The second-order valence-corrected chi connectivity index (χ2v) is 7.65. The number of alkyl carbamates (subject to hydrolysis) is 1. The van der Waals surface area contributed by atoms with E-state index in [1.165, 1.54) is 12.1 Å². The molecule has 0 aromatic heterocycles. The van der Waals surface area contributed by atoms with Crippen molar-refractivity contribution in [2.45, 2.75) is 45.4 Å². The predicted octanol–water partition coefficient (Wildman–Crippen LogP) is 3.36. The van der Waals surface area contributed by atoms with E-state index < -0.39 is 28.6 Å². The fraction of sp³-hybridized carbons (Fsp3) is 0.333. The molecule has 3 N–H and O–H groups in total. The normalized spacial score (nSPS) is 12.0. The third-order valence-electron chi connectivity index (χ3n) is 3.93. The number of nitro benzene ring substituents is 1. The molecule has 1 amide bonds. The molecule has 0 spiro atoms. The molecular formula is C21H25N3O6. The van der Waals surface area contributed by atoms with Crippen molar-refractivity contribution in [1.82, 2.24) is 5.32 Å². The highest BCUT2D eigenvalue weighted by molar-refractivity contribution is 5.82. The Morgan fingerprint density at radius 3 is 2.40 bits per heavy atom. The summed E-state index contributed by atoms with van der Waals surface area (Å²) in [6.07, 6.45) is -0.831. The Labute approximate surface area is 174 Å². The van der Waals surface area contributed by atoms with Crippen LogP contribution in [0.25, 0.3) is 0 Å². The largest absolute Gasteiger partial charge is 0.459 e. The van der Waals surface area contributed by atoms with Gasteiger partial charge in [0.25, 0.3) is 5.69 Å². The molecule has 160 valence electrons. The van der Waals surface area contributed by atoms with E-state index in [9.17, 15) is 19.7 Å². The second kappa shape index (κ2) is 9.73. The van der Waals surface area contributed by atoms with E-state index >= 15 is 0 Å². The SMILES string of the molecule is CC(C)(C)OC(=O)N[C@@H](Cc1ccc(N)c([N+](=O)[O-])c1)C(=O)OCc1ccccc1. The molecule has 1 atom stereocenters. The number of hydrogen-bond acceptors (Lipinski definition) is 7. The molecule has 0 aliphatic heterocycles. The molecular weight excluding hydrogens is 390 g/mol. The number of rotatable bonds is 7. The minimum Gasteiger partial charge on any atom is -0.459 e. The summed E-state index contributed by atoms with van der Waals surface area (Å²) in [7, 11) is 0. The first-order chi connectivity index (χ1) is 14.0. The van der Waals surface area contributed by atoms with Gasteiger partial charge in [0.2, 0.25) is 0 Å². The van der Waals surface area contributed by atoms with E-state index in [-0.39, 0.29) is 24.4 Å². The van der Waals surface area contributed by atoms with E-state index in [0.29, 0.717) is 5.56 Å². The molecule has 0 bridgehead atoms. The molecule has 9 nitrogen and oxygen atoms in total. The summed E-state index contributed by atoms with van der Waals surface area (Å²) >= 11 is 0. The summed E-state index contributed by atoms with van der Waals surface area (Å²) in [6, 6.07) is 12.2. The first kappa shape index (κ1) is 22.7. The van der Waals surface area contributed by atoms with E-state index in [1.54, 1.807) is 39.0 Å². The van der Waals surface area contributed by atoms with E-state index in [2.05, 4.69) is 5.32 Å². The number of ether oxygens (including phenoxy) is 2. The number of carbonyl (C=O) groups excluding carboxylic acids is 2. The van der Waals surface area contributed by atoms with Crippen LogP contribution < -0.4 is 11.1 Å². The molecule has 0 aliphatic rings. The van der Waals surface area contributed by atoms with Crippen LogP contribution in [0.4, 0.5) is 16.2 Å². The number of hydrogen-bond donors (Lipinski definition) is 2. The van der Waals surface area contributed by atoms with Gasteiger partial charge >= 0.3 is 12.1 Å². The van der Waals surface area contributed by atoms with Crippen molar-refractivity contribution in [3.8, 4) is 0 Å². The zero-order valence-electron chi connectivity index (χ0n) is 17.1. The quantitative estimate of drug-likeness (QED) is 0.306. The minimum absolute atomic E-state index is 0.00653. The number of nitrogens with two attached hydrogens (primary N) is 1. The van der Waals surface area contributed by atoms with Crippen LogP contribution in [0, 0.1) is 10.1 Å². The van der Waals surface area contributed by atoms with Gasteiger partial charge in [0.05, 0.1) is 4.92 Å². The van der Waals surface area contributed by atoms with Gasteiger partial charge in [0.15, 0.2) is 0 Å². The lowest BCUT2D eigenvalue weighted by Crippen LogP contribution is -2.45. The summed E-state index contributed by atoms with van der Waals surface area (Å²) < 4.78 is 10.5. The molecule has 2 aromatic carbocycles. The molecule has 9 heteroatoms. The molecule has 0 unspecified atom stereocenters. The second-order valence-electron chi connectivity index (χ2n) is 7.65. The van der Waals surface area contributed by atoms with Gasteiger partial charge in [-0.05, 0) is 38.0 Å². The number of nitrogen functional groups attached to an aromatic ring is 1. The van der Waals surface area contributed by atoms with Crippen LogP contribution in [0.3, 0.4) is 0 Å². The van der Waals surface area contributed by atoms with Crippen LogP contribution in [-0.2, 0) is 27.3 Å². The number of esters is 1. The van der Waals surface area contributed by atoms with Gasteiger partial charge in [0.1, 0.15) is 23.9 Å². The summed E-state index contributed by atoms with van der Waals surface area (Å²) in [5, 5.41) is 13.6. The Kier molecular flexibility index (Phi) is 7.35. The highest BCUT2D eigenvalue weighted by Gasteiger charge is 2.27. The van der Waals surface area contributed by atoms with Gasteiger partial charge < -0.3 is 20.5 Å². The van der Waals surface area contributed by atoms with Crippen LogP contribution >= 0.6 is 0 Å². The molecule has 0 radical (unpaired) electrons. The van der Waals surface area contributed by atoms with Crippen molar-refractivity contribution in [1.29, 1.82) is 0 Å². The fourth-order valence-corrected chi connectivity index (χ4v) is 2.58. The van der Waals surface area contributed by atoms with Crippen molar-refractivity contribution >= 4 is 23.4 Å². The Morgan fingerprint density at radius 1 is 1.13 bits per heavy atom. The molecule has 30 heavy (non-hydrogen) atoms. The Morgan fingerprint density at radius 2 is 1.80 bits per heavy atom. The van der Waals surface area contributed by atoms with Crippen LogP contribution in [0.5, 0.6) is 0 Å². The Hall–Kier alpha value is -3.62. The van der Waals surface area contributed by atoms with Gasteiger partial charge in [-0.2, -0.15) is 0 Å². The van der Waals surface area contributed by atoms with Crippen LogP contribution in [0.15, 0.2) is 48.5 Å². The third kappa shape index (κ3) is 7.08. The number of nitrogens with one attached hydrogen (secondary N) is 1. The summed E-state index contributed by atoms with van der Waals surface area (Å²) in [6.45, 7) is 5.10. The van der Waals surface area contributed by atoms with Gasteiger partial charge in [0, 0.05) is 12.5 Å². The average Bonchev–Trinajstić information content (AvgIpc) is 2.66. The lowest BCUT2D eigenvalue weighted by molar-refractivity contribution is -0.384. The standard InChI is InChI=1S/C21H25N3O6/c1-21(2,3)30-20(26)23-17(19(25)29-13-14-7-5-4-6-8-14)11-15-9-10-16(22)18(12-15)24(27)28/h4-10,12,17H,11,13,22H2,1-3H3,(H,23,26)/t17-/m0/s1. The van der Waals surface area contributed by atoms with Crippen molar-refractivity contribution < 1.29 is 24.0 Å². The number of benzene rings is 2.